The number of piperidine rings is 1. The number of para-hydroxylation sites is 1. The highest BCUT2D eigenvalue weighted by Crippen LogP contribution is 2.29. The van der Waals surface area contributed by atoms with E-state index in [0.717, 1.165) is 43.5 Å². The third-order valence-electron chi connectivity index (χ3n) is 8.23. The minimum Gasteiger partial charge on any atom is -0.376 e. The van der Waals surface area contributed by atoms with Crippen molar-refractivity contribution < 1.29 is 14.3 Å². The summed E-state index contributed by atoms with van der Waals surface area (Å²) < 4.78 is 5.69. The molecule has 1 aliphatic carbocycles. The van der Waals surface area contributed by atoms with Gasteiger partial charge in [0.1, 0.15) is 0 Å². The summed E-state index contributed by atoms with van der Waals surface area (Å²) in [6.07, 6.45) is 8.13. The molecule has 2 amide bonds. The van der Waals surface area contributed by atoms with Crippen molar-refractivity contribution in [2.75, 3.05) is 31.6 Å². The number of H-pyrrole nitrogens is 1. The molecular formula is C30H36N4O3. The quantitative estimate of drug-likeness (QED) is 0.457. The normalized spacial score (nSPS) is 23.7. The van der Waals surface area contributed by atoms with Crippen LogP contribution in [0.25, 0.3) is 10.9 Å². The van der Waals surface area contributed by atoms with Gasteiger partial charge in [-0.05, 0) is 73.4 Å². The Morgan fingerprint density at radius 2 is 1.84 bits per heavy atom. The second-order valence-electron chi connectivity index (χ2n) is 10.9. The van der Waals surface area contributed by atoms with Crippen LogP contribution in [0.15, 0.2) is 48.7 Å². The molecule has 3 aliphatic rings. The standard InChI is InChI=1S/C30H36N4O3/c35-29(32-16-26-7-4-12-37-26)22-13-23(30(36)33-25-11-10-20-5-3-6-21(20)14-25)18-34(17-22)19-24-15-31-28-9-2-1-8-27(24)28/h1-2,8-11,14-15,22-23,26,31H,3-7,12-13,16-19H2,(H,32,35)(H,33,36)/t22-,23+,26?/m0/s1. The number of rotatable bonds is 7. The molecule has 0 spiro atoms. The number of amides is 2. The molecule has 6 rings (SSSR count). The van der Waals surface area contributed by atoms with Crippen LogP contribution in [0.1, 0.15) is 42.4 Å². The molecule has 0 saturated carbocycles. The fraction of sp³-hybridized carbons (Fsp3) is 0.467. The molecule has 2 aromatic carbocycles. The number of nitrogens with zero attached hydrogens (tertiary/aromatic N) is 1. The van der Waals surface area contributed by atoms with Crippen molar-refractivity contribution in [2.24, 2.45) is 11.8 Å². The lowest BCUT2D eigenvalue weighted by Gasteiger charge is -2.36. The van der Waals surface area contributed by atoms with Gasteiger partial charge in [0.25, 0.3) is 0 Å². The van der Waals surface area contributed by atoms with E-state index in [1.165, 1.54) is 28.5 Å². The molecule has 37 heavy (non-hydrogen) atoms. The topological polar surface area (TPSA) is 86.5 Å². The van der Waals surface area contributed by atoms with E-state index in [9.17, 15) is 9.59 Å². The summed E-state index contributed by atoms with van der Waals surface area (Å²) in [5, 5.41) is 7.46. The summed E-state index contributed by atoms with van der Waals surface area (Å²) in [7, 11) is 0. The Morgan fingerprint density at radius 1 is 1.00 bits per heavy atom. The van der Waals surface area contributed by atoms with Gasteiger partial charge in [-0.2, -0.15) is 0 Å². The molecule has 7 nitrogen and oxygen atoms in total. The predicted molar refractivity (Wildman–Crippen MR) is 144 cm³/mol. The minimum absolute atomic E-state index is 0.00139. The van der Waals surface area contributed by atoms with E-state index >= 15 is 0 Å². The summed E-state index contributed by atoms with van der Waals surface area (Å²) in [4.78, 5) is 32.3. The maximum atomic E-state index is 13.5. The van der Waals surface area contributed by atoms with Gasteiger partial charge < -0.3 is 20.4 Å². The highest BCUT2D eigenvalue weighted by Gasteiger charge is 2.36. The van der Waals surface area contributed by atoms with E-state index in [1.54, 1.807) is 0 Å². The number of carbonyl (C=O) groups is 2. The van der Waals surface area contributed by atoms with Gasteiger partial charge in [-0.1, -0.05) is 24.3 Å². The van der Waals surface area contributed by atoms with Gasteiger partial charge in [0, 0.05) is 55.6 Å². The van der Waals surface area contributed by atoms with Gasteiger partial charge in [-0.3, -0.25) is 14.5 Å². The van der Waals surface area contributed by atoms with Gasteiger partial charge in [0.2, 0.25) is 11.8 Å². The fourth-order valence-corrected chi connectivity index (χ4v) is 6.26. The van der Waals surface area contributed by atoms with Crippen LogP contribution >= 0.6 is 0 Å². The number of hydrogen-bond donors (Lipinski definition) is 3. The smallest absolute Gasteiger partial charge is 0.228 e. The SMILES string of the molecule is O=C(NCC1CCCO1)[C@H]1C[C@@H](C(=O)Nc2ccc3c(c2)CCC3)CN(Cc2c[nH]c3ccccc23)C1. The van der Waals surface area contributed by atoms with E-state index in [-0.39, 0.29) is 29.8 Å². The number of fused-ring (bicyclic) bond motifs is 2. The van der Waals surface area contributed by atoms with E-state index in [1.807, 2.05) is 24.4 Å². The average Bonchev–Trinajstić information content (AvgIpc) is 3.68. The van der Waals surface area contributed by atoms with E-state index in [2.05, 4.69) is 44.8 Å². The van der Waals surface area contributed by atoms with Crippen LogP contribution in [-0.2, 0) is 33.7 Å². The molecule has 2 fully saturated rings. The first-order valence-electron chi connectivity index (χ1n) is 13.7. The molecule has 0 radical (unpaired) electrons. The van der Waals surface area contributed by atoms with Gasteiger partial charge in [0.15, 0.2) is 0 Å². The molecule has 3 aromatic rings. The molecule has 3 N–H and O–H groups in total. The van der Waals surface area contributed by atoms with Crippen molar-refractivity contribution in [3.05, 3.63) is 65.4 Å². The Morgan fingerprint density at radius 3 is 2.70 bits per heavy atom. The summed E-state index contributed by atoms with van der Waals surface area (Å²) >= 11 is 0. The van der Waals surface area contributed by atoms with Gasteiger partial charge >= 0.3 is 0 Å². The molecule has 3 atom stereocenters. The first-order valence-corrected chi connectivity index (χ1v) is 13.7. The van der Waals surface area contributed by atoms with Crippen molar-refractivity contribution >= 4 is 28.4 Å². The number of aromatic amines is 1. The Bertz CT molecular complexity index is 1280. The molecule has 194 valence electrons. The van der Waals surface area contributed by atoms with Crippen LogP contribution in [0.3, 0.4) is 0 Å². The lowest BCUT2D eigenvalue weighted by atomic mass is 9.87. The Kier molecular flexibility index (Phi) is 6.98. The Hall–Kier alpha value is -3.16. The molecule has 7 heteroatoms. The first kappa shape index (κ1) is 24.2. The molecule has 2 saturated heterocycles. The molecule has 1 aromatic heterocycles. The van der Waals surface area contributed by atoms with E-state index in [4.69, 9.17) is 4.74 Å². The number of likely N-dealkylation sites (tertiary alicyclic amines) is 1. The van der Waals surface area contributed by atoms with Gasteiger partial charge in [-0.25, -0.2) is 0 Å². The van der Waals surface area contributed by atoms with Crippen molar-refractivity contribution in [3.63, 3.8) is 0 Å². The molecule has 3 heterocycles. The van der Waals surface area contributed by atoms with Crippen LogP contribution in [0, 0.1) is 11.8 Å². The molecule has 2 aliphatic heterocycles. The number of hydrogen-bond acceptors (Lipinski definition) is 4. The summed E-state index contributed by atoms with van der Waals surface area (Å²) in [5.74, 6) is -0.477. The van der Waals surface area contributed by atoms with Crippen LogP contribution in [0.4, 0.5) is 5.69 Å². The van der Waals surface area contributed by atoms with Crippen molar-refractivity contribution in [2.45, 2.75) is 51.2 Å². The zero-order valence-electron chi connectivity index (χ0n) is 21.3. The third kappa shape index (κ3) is 5.43. The van der Waals surface area contributed by atoms with Gasteiger partial charge in [0.05, 0.1) is 17.9 Å². The number of nitrogens with one attached hydrogen (secondary N) is 3. The minimum atomic E-state index is -0.259. The lowest BCUT2D eigenvalue weighted by Crippen LogP contribution is -2.49. The number of aryl methyl sites for hydroxylation is 2. The van der Waals surface area contributed by atoms with Crippen LogP contribution in [-0.4, -0.2) is 54.0 Å². The number of carbonyl (C=O) groups excluding carboxylic acids is 2. The number of aromatic nitrogens is 1. The number of benzene rings is 2. The largest absolute Gasteiger partial charge is 0.376 e. The Balaban J connectivity index is 1.17. The summed E-state index contributed by atoms with van der Waals surface area (Å²) in [6, 6.07) is 14.5. The highest BCUT2D eigenvalue weighted by atomic mass is 16.5. The zero-order valence-corrected chi connectivity index (χ0v) is 21.3. The lowest BCUT2D eigenvalue weighted by molar-refractivity contribution is -0.130. The van der Waals surface area contributed by atoms with Crippen LogP contribution in [0.5, 0.6) is 0 Å². The monoisotopic (exact) mass is 500 g/mol. The maximum Gasteiger partial charge on any atom is 0.228 e. The maximum absolute atomic E-state index is 13.5. The van der Waals surface area contributed by atoms with E-state index < -0.39 is 0 Å². The zero-order chi connectivity index (χ0) is 25.2. The Labute approximate surface area is 217 Å². The second kappa shape index (κ2) is 10.7. The molecular weight excluding hydrogens is 464 g/mol. The van der Waals surface area contributed by atoms with Gasteiger partial charge in [-0.15, -0.1) is 0 Å². The first-order chi connectivity index (χ1) is 18.1. The number of ether oxygens (including phenoxy) is 1. The van der Waals surface area contributed by atoms with Crippen molar-refractivity contribution in [3.8, 4) is 0 Å². The summed E-state index contributed by atoms with van der Waals surface area (Å²) in [6.45, 7) is 3.28. The third-order valence-corrected chi connectivity index (χ3v) is 8.23. The molecule has 0 bridgehead atoms. The van der Waals surface area contributed by atoms with Crippen LogP contribution < -0.4 is 10.6 Å². The fourth-order valence-electron chi connectivity index (χ4n) is 6.26. The average molecular weight is 501 g/mol. The van der Waals surface area contributed by atoms with Crippen molar-refractivity contribution in [1.29, 1.82) is 0 Å². The second-order valence-corrected chi connectivity index (χ2v) is 10.9. The molecule has 1 unspecified atom stereocenters. The highest BCUT2D eigenvalue weighted by molar-refractivity contribution is 5.93. The predicted octanol–water partition coefficient (Wildman–Crippen LogP) is 4.03. The summed E-state index contributed by atoms with van der Waals surface area (Å²) in [5.41, 5.74) is 5.89. The van der Waals surface area contributed by atoms with E-state index in [0.29, 0.717) is 32.6 Å². The number of anilines is 1. The van der Waals surface area contributed by atoms with Crippen molar-refractivity contribution in [1.82, 2.24) is 15.2 Å². The van der Waals surface area contributed by atoms with Crippen LogP contribution in [0.2, 0.25) is 0 Å².